The molecular weight excluding hydrogens is 408 g/mol. The van der Waals surface area contributed by atoms with Crippen molar-refractivity contribution in [2.24, 2.45) is 5.73 Å². The summed E-state index contributed by atoms with van der Waals surface area (Å²) in [6.07, 6.45) is -2.15. The molecule has 160 valence electrons. The molecule has 4 N–H and O–H groups in total. The van der Waals surface area contributed by atoms with Gasteiger partial charge in [-0.15, -0.1) is 0 Å². The minimum absolute atomic E-state index is 0.231. The molecule has 0 radical (unpaired) electrons. The van der Waals surface area contributed by atoms with Crippen LogP contribution in [0.5, 0.6) is 0 Å². The molecule has 0 bridgehead atoms. The number of amides is 2. The van der Waals surface area contributed by atoms with Gasteiger partial charge in [-0.05, 0) is 18.1 Å². The monoisotopic (exact) mass is 432 g/mol. The average Bonchev–Trinajstić information content (AvgIpc) is 2.72. The summed E-state index contributed by atoms with van der Waals surface area (Å²) in [5.74, 6) is -3.73. The lowest BCUT2D eigenvalue weighted by atomic mass is 9.88. The van der Waals surface area contributed by atoms with Crippen LogP contribution in [0.3, 0.4) is 0 Å². The molecule has 2 aromatic rings. The first-order valence-electron chi connectivity index (χ1n) is 9.18. The molecule has 2 aromatic carbocycles. The maximum absolute atomic E-state index is 12.7. The van der Waals surface area contributed by atoms with Gasteiger partial charge in [0.05, 0.1) is 11.5 Å². The van der Waals surface area contributed by atoms with Gasteiger partial charge in [-0.2, -0.15) is 0 Å². The minimum atomic E-state index is -3.60. The first kappa shape index (κ1) is 23.2. The number of aliphatic hydroxyl groups excluding tert-OH is 1. The number of aliphatic hydroxyl groups is 1. The summed E-state index contributed by atoms with van der Waals surface area (Å²) >= 11 is 0. The third-order valence-electron chi connectivity index (χ3n) is 4.61. The fraction of sp³-hybridized carbons (Fsp3) is 0.286. The Morgan fingerprint density at radius 2 is 1.57 bits per heavy atom. The summed E-state index contributed by atoms with van der Waals surface area (Å²) in [4.78, 5) is 36.9. The van der Waals surface area contributed by atoms with E-state index in [2.05, 4.69) is 5.32 Å². The number of hydrogen-bond acceptors (Lipinski definition) is 6. The number of benzene rings is 2. The van der Waals surface area contributed by atoms with Gasteiger partial charge in [-0.1, -0.05) is 60.7 Å². The van der Waals surface area contributed by atoms with Gasteiger partial charge in [0.2, 0.25) is 5.91 Å². The van der Waals surface area contributed by atoms with Crippen LogP contribution in [0.15, 0.2) is 60.7 Å². The molecule has 0 heterocycles. The van der Waals surface area contributed by atoms with Crippen molar-refractivity contribution in [3.05, 3.63) is 71.8 Å². The fourth-order valence-electron chi connectivity index (χ4n) is 2.79. The van der Waals surface area contributed by atoms with E-state index in [0.29, 0.717) is 5.56 Å². The fourth-order valence-corrected chi connectivity index (χ4v) is 4.14. The Labute approximate surface area is 175 Å². The number of carbonyl (C=O) groups is 3. The van der Waals surface area contributed by atoms with Gasteiger partial charge in [0.1, 0.15) is 6.10 Å². The molecule has 8 nitrogen and oxygen atoms in total. The van der Waals surface area contributed by atoms with E-state index in [4.69, 9.17) is 5.73 Å². The summed E-state index contributed by atoms with van der Waals surface area (Å²) in [7, 11) is -3.60. The molecule has 0 saturated heterocycles. The van der Waals surface area contributed by atoms with Crippen LogP contribution in [-0.2, 0) is 30.0 Å². The molecule has 0 aliphatic rings. The molecule has 0 aromatic heterocycles. The van der Waals surface area contributed by atoms with Gasteiger partial charge < -0.3 is 16.2 Å². The largest absolute Gasteiger partial charge is 0.380 e. The van der Waals surface area contributed by atoms with Gasteiger partial charge in [-0.3, -0.25) is 14.4 Å². The Balaban J connectivity index is 2.05. The summed E-state index contributed by atoms with van der Waals surface area (Å²) in [5, 5.41) is 12.5. The predicted molar refractivity (Wildman–Crippen MR) is 111 cm³/mol. The van der Waals surface area contributed by atoms with Crippen LogP contribution < -0.4 is 11.1 Å². The normalized spacial score (nSPS) is 14.3. The zero-order valence-corrected chi connectivity index (χ0v) is 17.3. The molecule has 2 unspecified atom stereocenters. The Kier molecular flexibility index (Phi) is 7.47. The van der Waals surface area contributed by atoms with Crippen molar-refractivity contribution in [2.45, 2.75) is 30.7 Å². The number of ketones is 1. The van der Waals surface area contributed by atoms with Crippen LogP contribution in [0.4, 0.5) is 0 Å². The van der Waals surface area contributed by atoms with E-state index in [9.17, 15) is 27.9 Å². The zero-order valence-electron chi connectivity index (χ0n) is 16.4. The Morgan fingerprint density at radius 3 is 2.10 bits per heavy atom. The van der Waals surface area contributed by atoms with Crippen molar-refractivity contribution in [1.82, 2.24) is 5.32 Å². The van der Waals surface area contributed by atoms with Gasteiger partial charge >= 0.3 is 0 Å². The quantitative estimate of drug-likeness (QED) is 0.471. The van der Waals surface area contributed by atoms with E-state index in [1.165, 1.54) is 12.1 Å². The highest BCUT2D eigenvalue weighted by molar-refractivity contribution is 7.90. The van der Waals surface area contributed by atoms with Crippen LogP contribution in [0.2, 0.25) is 0 Å². The van der Waals surface area contributed by atoms with E-state index in [-0.39, 0.29) is 11.3 Å². The number of rotatable bonds is 10. The van der Waals surface area contributed by atoms with E-state index >= 15 is 0 Å². The lowest BCUT2D eigenvalue weighted by molar-refractivity contribution is -0.144. The number of nitrogens with one attached hydrogen (secondary N) is 1. The second-order valence-electron chi connectivity index (χ2n) is 7.04. The molecule has 0 fully saturated rings. The van der Waals surface area contributed by atoms with E-state index in [0.717, 1.165) is 6.92 Å². The maximum atomic E-state index is 12.7. The van der Waals surface area contributed by atoms with E-state index < -0.39 is 51.3 Å². The van der Waals surface area contributed by atoms with Crippen molar-refractivity contribution < 1.29 is 27.9 Å². The van der Waals surface area contributed by atoms with Crippen molar-refractivity contribution in [3.63, 3.8) is 0 Å². The third kappa shape index (κ3) is 5.98. The third-order valence-corrected chi connectivity index (χ3v) is 6.21. The van der Waals surface area contributed by atoms with E-state index in [1.54, 1.807) is 48.5 Å². The van der Waals surface area contributed by atoms with Gasteiger partial charge in [0.25, 0.3) is 5.91 Å². The molecule has 0 aliphatic heterocycles. The van der Waals surface area contributed by atoms with Crippen LogP contribution in [0.1, 0.15) is 30.6 Å². The SMILES string of the molecule is CC(NC(=O)CCS(=O)(=O)Cc1ccccc1)(C(N)=O)C(=O)C(O)c1ccccc1. The maximum Gasteiger partial charge on any atom is 0.250 e. The number of Topliss-reactive ketones (excluding diaryl/α,β-unsaturated/α-hetero) is 1. The lowest BCUT2D eigenvalue weighted by Crippen LogP contribution is -2.62. The molecule has 0 spiro atoms. The summed E-state index contributed by atoms with van der Waals surface area (Å²) in [6, 6.07) is 16.4. The highest BCUT2D eigenvalue weighted by Gasteiger charge is 2.44. The van der Waals surface area contributed by atoms with Crippen LogP contribution in [-0.4, -0.2) is 42.4 Å². The first-order valence-corrected chi connectivity index (χ1v) is 11.0. The average molecular weight is 432 g/mol. The Morgan fingerprint density at radius 1 is 1.03 bits per heavy atom. The van der Waals surface area contributed by atoms with Gasteiger partial charge in [0, 0.05) is 6.42 Å². The van der Waals surface area contributed by atoms with Gasteiger partial charge in [0.15, 0.2) is 21.2 Å². The molecular formula is C21H24N2O6S. The molecule has 0 saturated carbocycles. The van der Waals surface area contributed by atoms with Crippen LogP contribution >= 0.6 is 0 Å². The Hall–Kier alpha value is -3.04. The number of primary amides is 1. The number of sulfone groups is 1. The molecule has 30 heavy (non-hydrogen) atoms. The number of carbonyl (C=O) groups excluding carboxylic acids is 3. The zero-order chi connectivity index (χ0) is 22.4. The van der Waals surface area contributed by atoms with E-state index in [1.807, 2.05) is 0 Å². The molecule has 9 heteroatoms. The lowest BCUT2D eigenvalue weighted by Gasteiger charge is -2.28. The van der Waals surface area contributed by atoms with Crippen molar-refractivity contribution >= 4 is 27.4 Å². The minimum Gasteiger partial charge on any atom is -0.380 e. The Bertz CT molecular complexity index is 1010. The smallest absolute Gasteiger partial charge is 0.250 e. The van der Waals surface area contributed by atoms with Crippen LogP contribution in [0.25, 0.3) is 0 Å². The summed E-state index contributed by atoms with van der Waals surface area (Å²) < 4.78 is 24.5. The van der Waals surface area contributed by atoms with Crippen LogP contribution in [0, 0.1) is 0 Å². The second-order valence-corrected chi connectivity index (χ2v) is 9.23. The highest BCUT2D eigenvalue weighted by Crippen LogP contribution is 2.20. The summed E-state index contributed by atoms with van der Waals surface area (Å²) in [6.45, 7) is 1.08. The van der Waals surface area contributed by atoms with Crippen molar-refractivity contribution in [2.75, 3.05) is 5.75 Å². The number of nitrogens with two attached hydrogens (primary N) is 1. The molecule has 2 rings (SSSR count). The molecule has 2 atom stereocenters. The molecule has 0 aliphatic carbocycles. The highest BCUT2D eigenvalue weighted by atomic mass is 32.2. The summed E-state index contributed by atoms with van der Waals surface area (Å²) in [5.41, 5.74) is 3.93. The second kappa shape index (κ2) is 9.64. The first-order chi connectivity index (χ1) is 14.0. The van der Waals surface area contributed by atoms with Gasteiger partial charge in [-0.25, -0.2) is 8.42 Å². The van der Waals surface area contributed by atoms with Crippen molar-refractivity contribution in [3.8, 4) is 0 Å². The standard InChI is InChI=1S/C21H24N2O6S/c1-21(20(22)27,19(26)18(25)16-10-6-3-7-11-16)23-17(24)12-13-30(28,29)14-15-8-4-2-5-9-15/h2-11,18,25H,12-14H2,1H3,(H2,22,27)(H,23,24). The van der Waals surface area contributed by atoms with Crippen molar-refractivity contribution in [1.29, 1.82) is 0 Å². The topological polar surface area (TPSA) is 144 Å². The number of hydrogen-bond donors (Lipinski definition) is 3. The molecule has 2 amide bonds. The predicted octanol–water partition coefficient (Wildman–Crippen LogP) is 0.654.